The van der Waals surface area contributed by atoms with Gasteiger partial charge in [-0.3, -0.25) is 9.59 Å². The highest BCUT2D eigenvalue weighted by molar-refractivity contribution is 6.01. The van der Waals surface area contributed by atoms with Crippen molar-refractivity contribution in [2.45, 2.75) is 12.3 Å². The average molecular weight is 280 g/mol. The molecule has 21 heavy (non-hydrogen) atoms. The Morgan fingerprint density at radius 2 is 1.48 bits per heavy atom. The van der Waals surface area contributed by atoms with E-state index in [0.717, 1.165) is 5.56 Å². The van der Waals surface area contributed by atoms with Crippen molar-refractivity contribution in [1.82, 2.24) is 0 Å². The molecule has 106 valence electrons. The fraction of sp³-hybridized carbons (Fsp3) is 0.222. The second-order valence-corrected chi connectivity index (χ2v) is 5.45. The van der Waals surface area contributed by atoms with E-state index in [0.29, 0.717) is 5.56 Å². The van der Waals surface area contributed by atoms with E-state index in [2.05, 4.69) is 0 Å². The maximum Gasteiger partial charge on any atom is 0.303 e. The van der Waals surface area contributed by atoms with E-state index in [9.17, 15) is 9.59 Å². The summed E-state index contributed by atoms with van der Waals surface area (Å²) in [5, 5.41) is 9.05. The summed E-state index contributed by atoms with van der Waals surface area (Å²) < 4.78 is 0. The van der Waals surface area contributed by atoms with Gasteiger partial charge >= 0.3 is 5.97 Å². The van der Waals surface area contributed by atoms with Crippen LogP contribution >= 0.6 is 0 Å². The molecule has 3 heteroatoms. The van der Waals surface area contributed by atoms with Gasteiger partial charge in [-0.15, -0.1) is 0 Å². The van der Waals surface area contributed by atoms with Crippen molar-refractivity contribution >= 4 is 11.8 Å². The van der Waals surface area contributed by atoms with E-state index in [1.165, 1.54) is 0 Å². The van der Waals surface area contributed by atoms with Crippen molar-refractivity contribution in [2.24, 2.45) is 11.8 Å². The third-order valence-corrected chi connectivity index (χ3v) is 4.12. The van der Waals surface area contributed by atoms with Gasteiger partial charge in [-0.1, -0.05) is 60.7 Å². The average Bonchev–Trinajstić information content (AvgIpc) is 3.21. The van der Waals surface area contributed by atoms with Gasteiger partial charge in [0, 0.05) is 17.9 Å². The lowest BCUT2D eigenvalue weighted by Crippen LogP contribution is -2.05. The molecule has 0 radical (unpaired) electrons. The number of aliphatic carboxylic acids is 1. The molecular weight excluding hydrogens is 264 g/mol. The summed E-state index contributed by atoms with van der Waals surface area (Å²) >= 11 is 0. The molecule has 0 aromatic heterocycles. The SMILES string of the molecule is O=C(O)C[C@@H]1[C@@H](C(=O)c2ccccc2)[C@@H]1c1ccccc1. The number of carboxylic acid groups (broad SMARTS) is 1. The van der Waals surface area contributed by atoms with Crippen LogP contribution in [0.5, 0.6) is 0 Å². The van der Waals surface area contributed by atoms with Crippen molar-refractivity contribution in [3.63, 3.8) is 0 Å². The van der Waals surface area contributed by atoms with Gasteiger partial charge in [0.2, 0.25) is 0 Å². The number of carbonyl (C=O) groups is 2. The second-order valence-electron chi connectivity index (χ2n) is 5.45. The van der Waals surface area contributed by atoms with Crippen LogP contribution in [0.2, 0.25) is 0 Å². The smallest absolute Gasteiger partial charge is 0.303 e. The van der Waals surface area contributed by atoms with Gasteiger partial charge in [-0.25, -0.2) is 0 Å². The minimum Gasteiger partial charge on any atom is -0.481 e. The molecule has 3 nitrogen and oxygen atoms in total. The Balaban J connectivity index is 1.86. The first-order valence-corrected chi connectivity index (χ1v) is 7.04. The number of rotatable bonds is 5. The predicted octanol–water partition coefficient (Wildman–Crippen LogP) is 3.37. The molecule has 3 rings (SSSR count). The van der Waals surface area contributed by atoms with Gasteiger partial charge in [-0.05, 0) is 17.4 Å². The maximum absolute atomic E-state index is 12.6. The van der Waals surface area contributed by atoms with Crippen LogP contribution in [0.3, 0.4) is 0 Å². The summed E-state index contributed by atoms with van der Waals surface area (Å²) in [4.78, 5) is 23.6. The van der Waals surface area contributed by atoms with E-state index in [1.807, 2.05) is 48.5 Å². The van der Waals surface area contributed by atoms with Crippen LogP contribution in [0, 0.1) is 11.8 Å². The van der Waals surface area contributed by atoms with Crippen molar-refractivity contribution in [1.29, 1.82) is 0 Å². The van der Waals surface area contributed by atoms with Crippen LogP contribution in [-0.2, 0) is 4.79 Å². The molecule has 3 atom stereocenters. The van der Waals surface area contributed by atoms with Crippen LogP contribution in [0.25, 0.3) is 0 Å². The van der Waals surface area contributed by atoms with Gasteiger partial charge < -0.3 is 5.11 Å². The highest BCUT2D eigenvalue weighted by Crippen LogP contribution is 2.57. The molecule has 1 N–H and O–H groups in total. The Hall–Kier alpha value is -2.42. The zero-order chi connectivity index (χ0) is 14.8. The number of hydrogen-bond donors (Lipinski definition) is 1. The Morgan fingerprint density at radius 1 is 0.905 bits per heavy atom. The van der Waals surface area contributed by atoms with Gasteiger partial charge in [-0.2, -0.15) is 0 Å². The van der Waals surface area contributed by atoms with E-state index in [-0.39, 0.29) is 30.0 Å². The summed E-state index contributed by atoms with van der Waals surface area (Å²) in [6.07, 6.45) is 0.0444. The third-order valence-electron chi connectivity index (χ3n) is 4.12. The first kappa shape index (κ1) is 13.6. The highest BCUT2D eigenvalue weighted by atomic mass is 16.4. The van der Waals surface area contributed by atoms with Crippen molar-refractivity contribution < 1.29 is 14.7 Å². The van der Waals surface area contributed by atoms with Gasteiger partial charge in [0.1, 0.15) is 0 Å². The zero-order valence-electron chi connectivity index (χ0n) is 11.5. The normalized spacial score (nSPS) is 23.5. The lowest BCUT2D eigenvalue weighted by atomic mass is 10.0. The van der Waals surface area contributed by atoms with Crippen LogP contribution in [0.4, 0.5) is 0 Å². The molecular formula is C18H16O3. The molecule has 0 aliphatic heterocycles. The first-order valence-electron chi connectivity index (χ1n) is 7.04. The fourth-order valence-electron chi connectivity index (χ4n) is 3.11. The molecule has 0 heterocycles. The fourth-order valence-corrected chi connectivity index (χ4v) is 3.11. The van der Waals surface area contributed by atoms with Crippen LogP contribution in [0.1, 0.15) is 28.3 Å². The Morgan fingerprint density at radius 3 is 2.05 bits per heavy atom. The summed E-state index contributed by atoms with van der Waals surface area (Å²) in [6, 6.07) is 18.8. The lowest BCUT2D eigenvalue weighted by molar-refractivity contribution is -0.137. The van der Waals surface area contributed by atoms with E-state index < -0.39 is 5.97 Å². The highest BCUT2D eigenvalue weighted by Gasteiger charge is 2.55. The summed E-state index contributed by atoms with van der Waals surface area (Å²) in [5.41, 5.74) is 1.72. The number of ketones is 1. The summed E-state index contributed by atoms with van der Waals surface area (Å²) in [7, 11) is 0. The summed E-state index contributed by atoms with van der Waals surface area (Å²) in [5.74, 6) is -1.08. The minimum atomic E-state index is -0.843. The van der Waals surface area contributed by atoms with Crippen LogP contribution in [0.15, 0.2) is 60.7 Å². The van der Waals surface area contributed by atoms with E-state index >= 15 is 0 Å². The number of carbonyl (C=O) groups excluding carboxylic acids is 1. The molecule has 1 saturated carbocycles. The first-order chi connectivity index (χ1) is 10.2. The summed E-state index contributed by atoms with van der Waals surface area (Å²) in [6.45, 7) is 0. The number of carboxylic acids is 1. The molecule has 0 unspecified atom stereocenters. The number of Topliss-reactive ketones (excluding diaryl/α,β-unsaturated/α-hetero) is 1. The monoisotopic (exact) mass is 280 g/mol. The van der Waals surface area contributed by atoms with E-state index in [4.69, 9.17) is 5.11 Å². The minimum absolute atomic E-state index is 0.0232. The van der Waals surface area contributed by atoms with Crippen LogP contribution < -0.4 is 0 Å². The Bertz CT molecular complexity index is 649. The second kappa shape index (κ2) is 5.52. The Kier molecular flexibility index (Phi) is 3.57. The topological polar surface area (TPSA) is 54.4 Å². The molecule has 0 amide bonds. The molecule has 2 aromatic carbocycles. The molecule has 0 bridgehead atoms. The number of benzene rings is 2. The standard InChI is InChI=1S/C18H16O3/c19-15(20)11-14-16(12-7-3-1-4-8-12)17(14)18(21)13-9-5-2-6-10-13/h1-10,14,16-17H,11H2,(H,19,20)/t14-,16+,17+/m0/s1. The van der Waals surface area contributed by atoms with Crippen molar-refractivity contribution in [3.8, 4) is 0 Å². The lowest BCUT2D eigenvalue weighted by Gasteiger charge is -2.00. The largest absolute Gasteiger partial charge is 0.481 e. The number of hydrogen-bond acceptors (Lipinski definition) is 2. The quantitative estimate of drug-likeness (QED) is 0.854. The maximum atomic E-state index is 12.6. The molecule has 0 spiro atoms. The van der Waals surface area contributed by atoms with Crippen LogP contribution in [-0.4, -0.2) is 16.9 Å². The molecule has 1 aliphatic carbocycles. The van der Waals surface area contributed by atoms with Gasteiger partial charge in [0.05, 0.1) is 0 Å². The van der Waals surface area contributed by atoms with Crippen molar-refractivity contribution in [2.75, 3.05) is 0 Å². The molecule has 1 fully saturated rings. The van der Waals surface area contributed by atoms with Gasteiger partial charge in [0.15, 0.2) is 5.78 Å². The molecule has 0 saturated heterocycles. The van der Waals surface area contributed by atoms with E-state index in [1.54, 1.807) is 12.1 Å². The van der Waals surface area contributed by atoms with Gasteiger partial charge in [0.25, 0.3) is 0 Å². The Labute approximate surface area is 123 Å². The predicted molar refractivity (Wildman–Crippen MR) is 79.2 cm³/mol. The third kappa shape index (κ3) is 2.72. The molecule has 1 aliphatic rings. The van der Waals surface area contributed by atoms with Crippen molar-refractivity contribution in [3.05, 3.63) is 71.8 Å². The zero-order valence-corrected chi connectivity index (χ0v) is 11.5. The molecule has 2 aromatic rings.